The van der Waals surface area contributed by atoms with E-state index in [1.54, 1.807) is 39.5 Å². The van der Waals surface area contributed by atoms with E-state index in [4.69, 9.17) is 24.1 Å². The first kappa shape index (κ1) is 85.9. The van der Waals surface area contributed by atoms with Gasteiger partial charge in [-0.25, -0.2) is 0 Å². The first-order valence-electron chi connectivity index (χ1n) is 29.5. The third kappa shape index (κ3) is 50.8. The number of aliphatic hydroxyl groups is 1. The van der Waals surface area contributed by atoms with Gasteiger partial charge in [0.15, 0.2) is 0 Å². The Kier molecular flexibility index (Phi) is 56.9. The van der Waals surface area contributed by atoms with Gasteiger partial charge in [0.1, 0.15) is 19.3 Å². The van der Waals surface area contributed by atoms with Gasteiger partial charge >= 0.3 is 41.8 Å². The van der Waals surface area contributed by atoms with Gasteiger partial charge in [-0.15, -0.1) is 0 Å². The summed E-state index contributed by atoms with van der Waals surface area (Å²) in [4.78, 5) is 77.9. The van der Waals surface area contributed by atoms with Crippen molar-refractivity contribution in [2.75, 3.05) is 46.4 Å². The van der Waals surface area contributed by atoms with Crippen molar-refractivity contribution in [3.63, 3.8) is 0 Å². The average Bonchev–Trinajstić information content (AvgIpc) is 3.41. The SMILES string of the molecule is CCC(C)(C)C(=O)OC.CCC(C)(C)C(=O)OC.CCC(C)(C)C(=O)OCC(O)COC(=O)C(C)CSC(C)C.CCC(C)C(=O)O.CCCCCCCCCCCCOC(=O)C(C)(C)CC.CCCCOC(=O)C(C)CC. The van der Waals surface area contributed by atoms with E-state index in [9.17, 15) is 38.7 Å². The van der Waals surface area contributed by atoms with Crippen LogP contribution < -0.4 is 0 Å². The monoisotopic (exact) mass is 1140 g/mol. The lowest BCUT2D eigenvalue weighted by Gasteiger charge is -2.21. The molecule has 0 amide bonds. The van der Waals surface area contributed by atoms with Gasteiger partial charge in [-0.3, -0.25) is 33.6 Å². The summed E-state index contributed by atoms with van der Waals surface area (Å²) >= 11 is 1.69. The number of carbonyl (C=O) groups is 7. The van der Waals surface area contributed by atoms with E-state index in [0.717, 1.165) is 51.4 Å². The molecule has 2 N–H and O–H groups in total. The van der Waals surface area contributed by atoms with Gasteiger partial charge in [0.25, 0.3) is 0 Å². The Balaban J connectivity index is -0.000000210. The van der Waals surface area contributed by atoms with Crippen LogP contribution in [0.2, 0.25) is 0 Å². The zero-order chi connectivity index (χ0) is 62.1. The van der Waals surface area contributed by atoms with Crippen LogP contribution in [0.15, 0.2) is 0 Å². The van der Waals surface area contributed by atoms with Crippen molar-refractivity contribution < 1.29 is 72.2 Å². The third-order valence-corrected chi connectivity index (χ3v) is 14.9. The Hall–Kier alpha value is -3.40. The molecule has 0 saturated heterocycles. The maximum Gasteiger partial charge on any atom is 0.311 e. The van der Waals surface area contributed by atoms with Crippen LogP contribution in [-0.2, 0) is 62.0 Å². The van der Waals surface area contributed by atoms with Gasteiger partial charge < -0.3 is 38.6 Å². The van der Waals surface area contributed by atoms with E-state index in [1.165, 1.54) is 72.0 Å². The second-order valence-corrected chi connectivity index (χ2v) is 24.5. The van der Waals surface area contributed by atoms with Crippen LogP contribution in [0.1, 0.15) is 261 Å². The van der Waals surface area contributed by atoms with Gasteiger partial charge in [0, 0.05) is 5.75 Å². The molecule has 78 heavy (non-hydrogen) atoms. The zero-order valence-corrected chi connectivity index (χ0v) is 55.1. The average molecular weight is 1140 g/mol. The molecule has 0 rings (SSSR count). The molecule has 16 heteroatoms. The number of unbranched alkanes of at least 4 members (excludes halogenated alkanes) is 10. The highest BCUT2D eigenvalue weighted by Gasteiger charge is 2.29. The maximum atomic E-state index is 11.8. The standard InChI is InChI=1S/C18H36O2.C16H30O5S.C9H18O2.2C7H14O2.C5H10O2/c1-5-7-8-9-10-11-12-13-14-15-16-20-17(19)18(3,4)6-2;1-7-16(5,6)15(19)21-9-13(17)8-20-14(18)12(4)10-22-11(2)3;1-4-6-7-11-9(10)8(3)5-2;2*1-5-7(2,3)6(8)9-4;1-3-4(2)5(6)7/h5-16H2,1-4H3;11-13,17H,7-10H2,1-6H3;8H,4-7H2,1-3H3;2*5H2,1-4H3;4H,3H2,1-2H3,(H,6,7). The van der Waals surface area contributed by atoms with Crippen LogP contribution in [0.4, 0.5) is 0 Å². The topological polar surface area (TPSA) is 215 Å². The minimum Gasteiger partial charge on any atom is -0.481 e. The van der Waals surface area contributed by atoms with Crippen molar-refractivity contribution in [3.8, 4) is 0 Å². The molecule has 0 radical (unpaired) electrons. The lowest BCUT2D eigenvalue weighted by molar-refractivity contribution is -0.160. The number of methoxy groups -OCH3 is 2. The Morgan fingerprint density at radius 3 is 1.08 bits per heavy atom. The van der Waals surface area contributed by atoms with Gasteiger partial charge in [-0.2, -0.15) is 11.8 Å². The summed E-state index contributed by atoms with van der Waals surface area (Å²) in [5.41, 5.74) is -1.51. The van der Waals surface area contributed by atoms with Crippen LogP contribution in [0, 0.1) is 39.4 Å². The number of esters is 6. The second kappa shape index (κ2) is 51.7. The number of carboxylic acid groups (broad SMARTS) is 1. The quantitative estimate of drug-likeness (QED) is 0.0348. The molecule has 0 heterocycles. The summed E-state index contributed by atoms with van der Waals surface area (Å²) in [5.74, 6) is -1.43. The first-order valence-corrected chi connectivity index (χ1v) is 30.5. The Morgan fingerprint density at radius 1 is 0.423 bits per heavy atom. The minimum absolute atomic E-state index is 0.0454. The summed E-state index contributed by atoms with van der Waals surface area (Å²) in [6.07, 6.45) is 18.9. The predicted octanol–water partition coefficient (Wildman–Crippen LogP) is 15.2. The summed E-state index contributed by atoms with van der Waals surface area (Å²) in [7, 11) is 2.83. The van der Waals surface area contributed by atoms with Crippen molar-refractivity contribution >= 4 is 53.5 Å². The van der Waals surface area contributed by atoms with E-state index in [0.29, 0.717) is 30.6 Å². The molecule has 4 atom stereocenters. The van der Waals surface area contributed by atoms with Crippen molar-refractivity contribution in [3.05, 3.63) is 0 Å². The van der Waals surface area contributed by atoms with Gasteiger partial charge in [-0.05, 0) is 112 Å². The number of thioether (sulfide) groups is 1. The van der Waals surface area contributed by atoms with Crippen LogP contribution >= 0.6 is 11.8 Å². The van der Waals surface area contributed by atoms with Crippen molar-refractivity contribution in [1.29, 1.82) is 0 Å². The molecular weight excluding hydrogens is 1020 g/mol. The highest BCUT2D eigenvalue weighted by atomic mass is 32.2. The third-order valence-electron chi connectivity index (χ3n) is 13.5. The lowest BCUT2D eigenvalue weighted by Crippen LogP contribution is -2.32. The van der Waals surface area contributed by atoms with Gasteiger partial charge in [-0.1, -0.05) is 154 Å². The Morgan fingerprint density at radius 2 is 0.756 bits per heavy atom. The highest BCUT2D eigenvalue weighted by Crippen LogP contribution is 2.24. The molecule has 0 spiro atoms. The molecule has 0 fully saturated rings. The number of aliphatic hydroxyl groups excluding tert-OH is 1. The number of hydrogen-bond donors (Lipinski definition) is 2. The smallest absolute Gasteiger partial charge is 0.311 e. The predicted molar refractivity (Wildman–Crippen MR) is 320 cm³/mol. The van der Waals surface area contributed by atoms with E-state index in [2.05, 4.69) is 37.2 Å². The molecule has 0 aromatic carbocycles. The molecule has 466 valence electrons. The van der Waals surface area contributed by atoms with E-state index >= 15 is 0 Å². The molecule has 0 aliphatic carbocycles. The van der Waals surface area contributed by atoms with Crippen molar-refractivity contribution in [1.82, 2.24) is 0 Å². The molecule has 0 aromatic heterocycles. The number of rotatable bonds is 34. The number of aliphatic carboxylic acids is 1. The minimum atomic E-state index is -0.995. The molecule has 0 aliphatic rings. The van der Waals surface area contributed by atoms with Crippen LogP contribution in [0.3, 0.4) is 0 Å². The number of ether oxygens (including phenoxy) is 6. The summed E-state index contributed by atoms with van der Waals surface area (Å²) in [6, 6.07) is 0. The normalized spacial score (nSPS) is 12.6. The number of carboxylic acids is 1. The first-order chi connectivity index (χ1) is 36.1. The lowest BCUT2D eigenvalue weighted by atomic mass is 9.91. The molecule has 4 unspecified atom stereocenters. The summed E-state index contributed by atoms with van der Waals surface area (Å²) in [6.45, 7) is 41.4. The summed E-state index contributed by atoms with van der Waals surface area (Å²) < 4.78 is 29.6. The second-order valence-electron chi connectivity index (χ2n) is 22.9. The number of hydrogen-bond acceptors (Lipinski definition) is 15. The molecule has 0 bridgehead atoms. The van der Waals surface area contributed by atoms with Crippen molar-refractivity contribution in [2.24, 2.45) is 39.4 Å². The van der Waals surface area contributed by atoms with E-state index in [1.807, 2.05) is 90.0 Å². The Bertz CT molecular complexity index is 1500. The fraction of sp³-hybridized carbons (Fsp3) is 0.887. The zero-order valence-electron chi connectivity index (χ0n) is 54.3. The van der Waals surface area contributed by atoms with Gasteiger partial charge in [0.2, 0.25) is 0 Å². The van der Waals surface area contributed by atoms with Gasteiger partial charge in [0.05, 0.1) is 66.8 Å². The van der Waals surface area contributed by atoms with Crippen molar-refractivity contribution in [2.45, 2.75) is 272 Å². The molecule has 0 aliphatic heterocycles. The van der Waals surface area contributed by atoms with Crippen LogP contribution in [0.5, 0.6) is 0 Å². The number of carbonyl (C=O) groups excluding carboxylic acids is 6. The molecule has 15 nitrogen and oxygen atoms in total. The molecule has 0 aromatic rings. The molecule has 0 saturated carbocycles. The summed E-state index contributed by atoms with van der Waals surface area (Å²) in [5, 5.41) is 18.4. The maximum absolute atomic E-state index is 11.8. The van der Waals surface area contributed by atoms with E-state index in [-0.39, 0.29) is 83.0 Å². The van der Waals surface area contributed by atoms with Crippen LogP contribution in [0.25, 0.3) is 0 Å². The largest absolute Gasteiger partial charge is 0.481 e. The highest BCUT2D eigenvalue weighted by molar-refractivity contribution is 7.99. The fourth-order valence-electron chi connectivity index (χ4n) is 5.02. The van der Waals surface area contributed by atoms with Crippen LogP contribution in [-0.4, -0.2) is 110 Å². The van der Waals surface area contributed by atoms with E-state index < -0.39 is 17.5 Å². The fourth-order valence-corrected chi connectivity index (χ4v) is 5.83. The Labute approximate surface area is 482 Å². The molecular formula is C62H122O15S.